The SMILES string of the molecule is CCOc1ccccc1C(C#N)=CC(=O)OCC(C)C. The molecule has 0 saturated carbocycles. The molecule has 0 bridgehead atoms. The minimum Gasteiger partial charge on any atom is -0.493 e. The van der Waals surface area contributed by atoms with Crippen LogP contribution in [0.1, 0.15) is 26.3 Å². The van der Waals surface area contributed by atoms with Gasteiger partial charge in [0.25, 0.3) is 0 Å². The summed E-state index contributed by atoms with van der Waals surface area (Å²) in [6, 6.07) is 9.14. The van der Waals surface area contributed by atoms with Crippen LogP contribution in [0.25, 0.3) is 5.57 Å². The Morgan fingerprint density at radius 2 is 2.10 bits per heavy atom. The molecule has 0 radical (unpaired) electrons. The van der Waals surface area contributed by atoms with Gasteiger partial charge in [-0.15, -0.1) is 0 Å². The number of hydrogen-bond donors (Lipinski definition) is 0. The highest BCUT2D eigenvalue weighted by Crippen LogP contribution is 2.25. The number of ether oxygens (including phenoxy) is 2. The summed E-state index contributed by atoms with van der Waals surface area (Å²) in [5.41, 5.74) is 0.834. The first-order chi connectivity index (χ1) is 9.58. The van der Waals surface area contributed by atoms with Crippen LogP contribution in [0.2, 0.25) is 0 Å². The van der Waals surface area contributed by atoms with Crippen molar-refractivity contribution in [3.05, 3.63) is 35.9 Å². The quantitative estimate of drug-likeness (QED) is 0.453. The van der Waals surface area contributed by atoms with E-state index in [4.69, 9.17) is 9.47 Å². The lowest BCUT2D eigenvalue weighted by molar-refractivity contribution is -0.138. The average molecular weight is 273 g/mol. The summed E-state index contributed by atoms with van der Waals surface area (Å²) in [6.07, 6.45) is 1.21. The topological polar surface area (TPSA) is 59.3 Å². The van der Waals surface area contributed by atoms with Gasteiger partial charge in [-0.2, -0.15) is 5.26 Å². The zero-order chi connectivity index (χ0) is 15.0. The maximum atomic E-state index is 11.7. The average Bonchev–Trinajstić information content (AvgIpc) is 2.44. The lowest BCUT2D eigenvalue weighted by Crippen LogP contribution is -2.08. The standard InChI is InChI=1S/C16H19NO3/c1-4-19-15-8-6-5-7-14(15)13(10-17)9-16(18)20-11-12(2)3/h5-9,12H,4,11H2,1-3H3. The van der Waals surface area contributed by atoms with Crippen molar-refractivity contribution in [3.63, 3.8) is 0 Å². The van der Waals surface area contributed by atoms with E-state index in [2.05, 4.69) is 0 Å². The van der Waals surface area contributed by atoms with Crippen molar-refractivity contribution in [1.29, 1.82) is 5.26 Å². The van der Waals surface area contributed by atoms with Crippen molar-refractivity contribution in [2.24, 2.45) is 5.92 Å². The molecule has 0 aliphatic carbocycles. The fourth-order valence-electron chi connectivity index (χ4n) is 1.55. The minimum atomic E-state index is -0.512. The molecule has 0 fully saturated rings. The van der Waals surface area contributed by atoms with Crippen LogP contribution in [0, 0.1) is 17.2 Å². The number of rotatable bonds is 6. The number of nitrogens with zero attached hydrogens (tertiary/aromatic N) is 1. The van der Waals surface area contributed by atoms with Crippen LogP contribution in [0.5, 0.6) is 5.75 Å². The van der Waals surface area contributed by atoms with Crippen molar-refractivity contribution in [2.75, 3.05) is 13.2 Å². The molecule has 106 valence electrons. The molecule has 0 atom stereocenters. The minimum absolute atomic E-state index is 0.239. The number of carbonyl (C=O) groups excluding carboxylic acids is 1. The van der Waals surface area contributed by atoms with Crippen LogP contribution in [0.3, 0.4) is 0 Å². The van der Waals surface area contributed by atoms with Gasteiger partial charge in [-0.05, 0) is 25.0 Å². The van der Waals surface area contributed by atoms with Gasteiger partial charge in [-0.25, -0.2) is 4.79 Å². The maximum absolute atomic E-state index is 11.7. The number of benzene rings is 1. The highest BCUT2D eigenvalue weighted by molar-refractivity contribution is 5.96. The molecule has 0 unspecified atom stereocenters. The van der Waals surface area contributed by atoms with Gasteiger partial charge >= 0.3 is 5.97 Å². The number of esters is 1. The van der Waals surface area contributed by atoms with E-state index in [0.29, 0.717) is 24.5 Å². The number of para-hydroxylation sites is 1. The molecule has 0 heterocycles. The largest absolute Gasteiger partial charge is 0.493 e. The first kappa shape index (κ1) is 15.8. The maximum Gasteiger partial charge on any atom is 0.332 e. The molecule has 0 spiro atoms. The van der Waals surface area contributed by atoms with E-state index in [1.807, 2.05) is 32.9 Å². The fraction of sp³-hybridized carbons (Fsp3) is 0.375. The predicted molar refractivity (Wildman–Crippen MR) is 77.0 cm³/mol. The lowest BCUT2D eigenvalue weighted by Gasteiger charge is -2.09. The van der Waals surface area contributed by atoms with E-state index in [9.17, 15) is 10.1 Å². The third kappa shape index (κ3) is 4.77. The summed E-state index contributed by atoms with van der Waals surface area (Å²) in [5.74, 6) is 0.328. The van der Waals surface area contributed by atoms with E-state index >= 15 is 0 Å². The molecule has 0 aliphatic rings. The van der Waals surface area contributed by atoms with E-state index < -0.39 is 5.97 Å². The number of carbonyl (C=O) groups is 1. The van der Waals surface area contributed by atoms with Gasteiger partial charge in [0.05, 0.1) is 18.8 Å². The summed E-state index contributed by atoms with van der Waals surface area (Å²) < 4.78 is 10.5. The van der Waals surface area contributed by atoms with E-state index in [-0.39, 0.29) is 11.5 Å². The molecule has 0 amide bonds. The summed E-state index contributed by atoms with van der Waals surface area (Å²) in [6.45, 7) is 6.59. The normalized spacial score (nSPS) is 11.1. The van der Waals surface area contributed by atoms with Gasteiger partial charge in [0.1, 0.15) is 11.8 Å². The van der Waals surface area contributed by atoms with Crippen LogP contribution in [0.4, 0.5) is 0 Å². The second kappa shape index (κ2) is 8.00. The second-order valence-corrected chi connectivity index (χ2v) is 4.62. The van der Waals surface area contributed by atoms with Gasteiger partial charge in [-0.3, -0.25) is 0 Å². The monoisotopic (exact) mass is 273 g/mol. The van der Waals surface area contributed by atoms with Crippen LogP contribution in [-0.2, 0) is 9.53 Å². The fourth-order valence-corrected chi connectivity index (χ4v) is 1.55. The summed E-state index contributed by atoms with van der Waals surface area (Å²) in [5, 5.41) is 9.22. The van der Waals surface area contributed by atoms with Crippen molar-refractivity contribution < 1.29 is 14.3 Å². The predicted octanol–water partition coefficient (Wildman–Crippen LogP) is 3.19. The Balaban J connectivity index is 2.96. The molecule has 0 aromatic heterocycles. The second-order valence-electron chi connectivity index (χ2n) is 4.62. The zero-order valence-corrected chi connectivity index (χ0v) is 12.1. The highest BCUT2D eigenvalue weighted by Gasteiger charge is 2.11. The van der Waals surface area contributed by atoms with Gasteiger partial charge in [0.15, 0.2) is 0 Å². The molecule has 0 N–H and O–H groups in total. The number of hydrogen-bond acceptors (Lipinski definition) is 4. The Labute approximate surface area is 119 Å². The van der Waals surface area contributed by atoms with Crippen molar-refractivity contribution >= 4 is 11.5 Å². The molecule has 1 aromatic rings. The Hall–Kier alpha value is -2.28. The van der Waals surface area contributed by atoms with E-state index in [1.165, 1.54) is 6.08 Å². The Kier molecular flexibility index (Phi) is 6.31. The molecule has 0 aliphatic heterocycles. The zero-order valence-electron chi connectivity index (χ0n) is 12.1. The molecule has 1 rings (SSSR count). The van der Waals surface area contributed by atoms with Crippen LogP contribution < -0.4 is 4.74 Å². The van der Waals surface area contributed by atoms with Crippen molar-refractivity contribution in [1.82, 2.24) is 0 Å². The Morgan fingerprint density at radius 1 is 1.40 bits per heavy atom. The van der Waals surface area contributed by atoms with Crippen molar-refractivity contribution in [2.45, 2.75) is 20.8 Å². The van der Waals surface area contributed by atoms with E-state index in [1.54, 1.807) is 18.2 Å². The van der Waals surface area contributed by atoms with Crippen molar-refractivity contribution in [3.8, 4) is 11.8 Å². The van der Waals surface area contributed by atoms with Gasteiger partial charge in [0, 0.05) is 11.6 Å². The third-order valence-electron chi connectivity index (χ3n) is 2.42. The summed E-state index contributed by atoms with van der Waals surface area (Å²) >= 11 is 0. The third-order valence-corrected chi connectivity index (χ3v) is 2.42. The van der Waals surface area contributed by atoms with Crippen LogP contribution in [-0.4, -0.2) is 19.2 Å². The van der Waals surface area contributed by atoms with Gasteiger partial charge < -0.3 is 9.47 Å². The smallest absolute Gasteiger partial charge is 0.332 e. The Morgan fingerprint density at radius 3 is 2.70 bits per heavy atom. The lowest BCUT2D eigenvalue weighted by atomic mass is 10.1. The van der Waals surface area contributed by atoms with Gasteiger partial charge in [-0.1, -0.05) is 26.0 Å². The number of allylic oxidation sites excluding steroid dienone is 1. The van der Waals surface area contributed by atoms with Crippen LogP contribution in [0.15, 0.2) is 30.3 Å². The first-order valence-electron chi connectivity index (χ1n) is 6.59. The first-order valence-corrected chi connectivity index (χ1v) is 6.59. The molecule has 4 nitrogen and oxygen atoms in total. The molecular weight excluding hydrogens is 254 g/mol. The summed E-state index contributed by atoms with van der Waals surface area (Å²) in [4.78, 5) is 11.7. The molecule has 4 heteroatoms. The van der Waals surface area contributed by atoms with E-state index in [0.717, 1.165) is 0 Å². The van der Waals surface area contributed by atoms with Crippen LogP contribution >= 0.6 is 0 Å². The van der Waals surface area contributed by atoms with Gasteiger partial charge in [0.2, 0.25) is 0 Å². The Bertz CT molecular complexity index is 527. The molecule has 20 heavy (non-hydrogen) atoms. The molecular formula is C16H19NO3. The highest BCUT2D eigenvalue weighted by atomic mass is 16.5. The molecule has 1 aromatic carbocycles. The molecule has 0 saturated heterocycles. The number of nitriles is 1. The summed E-state index contributed by atoms with van der Waals surface area (Å²) in [7, 11) is 0.